The second-order valence-electron chi connectivity index (χ2n) is 20.1. The van der Waals surface area contributed by atoms with E-state index in [-0.39, 0.29) is 40.0 Å². The van der Waals surface area contributed by atoms with Crippen LogP contribution < -0.4 is 35.1 Å². The predicted octanol–water partition coefficient (Wildman–Crippen LogP) is 14.1. The molecule has 21 heteroatoms. The van der Waals surface area contributed by atoms with Gasteiger partial charge >= 0.3 is 6.09 Å². The van der Waals surface area contributed by atoms with Crippen molar-refractivity contribution in [3.05, 3.63) is 175 Å². The van der Waals surface area contributed by atoms with Crippen LogP contribution in [0.3, 0.4) is 0 Å². The smallest absolute Gasteiger partial charge is 0.410 e. The van der Waals surface area contributed by atoms with Crippen molar-refractivity contribution < 1.29 is 32.0 Å². The average molecular weight is 1170 g/mol. The SMILES string of the molecule is CC(C)(C)OC(=O)N1CCN(c2ccc(Cl)cc2F)CC1.Fc1cc(Cl)ccc1N1CCCCC1.Nc1ccccc1N1CCN(c2ccc(Cl)cc2F)CC1.O=[N+]([O-])c1ccccc1N1CCN(c2ccc(Cl)cc2F)CC1. The number of nitro groups is 1. The van der Waals surface area contributed by atoms with Crippen LogP contribution in [0, 0.1) is 33.4 Å². The molecule has 13 nitrogen and oxygen atoms in total. The Bertz CT molecular complexity index is 3000. The molecular formula is C58H65Cl4F4N9O4. The number of benzene rings is 6. The third-order valence-electron chi connectivity index (χ3n) is 13.5. The summed E-state index contributed by atoms with van der Waals surface area (Å²) in [5.41, 5.74) is 10.4. The first kappa shape index (κ1) is 60.1. The van der Waals surface area contributed by atoms with Gasteiger partial charge in [0.1, 0.15) is 34.6 Å². The molecule has 4 aliphatic heterocycles. The van der Waals surface area contributed by atoms with Crippen LogP contribution in [0.1, 0.15) is 40.0 Å². The summed E-state index contributed by atoms with van der Waals surface area (Å²) in [6, 6.07) is 33.5. The van der Waals surface area contributed by atoms with E-state index in [0.29, 0.717) is 101 Å². The molecule has 0 bridgehead atoms. The third-order valence-corrected chi connectivity index (χ3v) is 14.5. The summed E-state index contributed by atoms with van der Waals surface area (Å²) in [7, 11) is 0. The topological polar surface area (TPSA) is 118 Å². The summed E-state index contributed by atoms with van der Waals surface area (Å²) in [6.07, 6.45) is 3.24. The number of hydrogen-bond acceptors (Lipinski definition) is 11. The lowest BCUT2D eigenvalue weighted by Gasteiger charge is -2.37. The van der Waals surface area contributed by atoms with E-state index in [1.54, 1.807) is 71.6 Å². The molecule has 6 aromatic carbocycles. The van der Waals surface area contributed by atoms with Crippen molar-refractivity contribution in [2.45, 2.75) is 45.6 Å². The first-order valence-electron chi connectivity index (χ1n) is 26.1. The van der Waals surface area contributed by atoms with Gasteiger partial charge in [-0.2, -0.15) is 0 Å². The van der Waals surface area contributed by atoms with Crippen LogP contribution in [0.2, 0.25) is 20.1 Å². The summed E-state index contributed by atoms with van der Waals surface area (Å²) in [6.45, 7) is 15.1. The molecular weight excluding hydrogens is 1100 g/mol. The summed E-state index contributed by atoms with van der Waals surface area (Å²) < 4.78 is 60.7. The molecule has 0 atom stereocenters. The van der Waals surface area contributed by atoms with Crippen LogP contribution in [-0.2, 0) is 4.74 Å². The Balaban J connectivity index is 0.000000154. The molecule has 6 aromatic rings. The molecule has 2 N–H and O–H groups in total. The zero-order valence-electron chi connectivity index (χ0n) is 44.4. The number of piperazine rings is 3. The number of amides is 1. The highest BCUT2D eigenvalue weighted by molar-refractivity contribution is 6.31. The summed E-state index contributed by atoms with van der Waals surface area (Å²) in [5, 5.41) is 12.8. The molecule has 79 heavy (non-hydrogen) atoms. The third kappa shape index (κ3) is 17.0. The number of para-hydroxylation sites is 4. The van der Waals surface area contributed by atoms with Gasteiger partial charge in [0.25, 0.3) is 5.69 Å². The number of anilines is 7. The molecule has 1 amide bonds. The molecule has 4 aliphatic rings. The Morgan fingerprint density at radius 1 is 0.468 bits per heavy atom. The second-order valence-corrected chi connectivity index (χ2v) is 21.9. The summed E-state index contributed by atoms with van der Waals surface area (Å²) in [5.74, 6) is -1.17. The van der Waals surface area contributed by atoms with Crippen molar-refractivity contribution >= 4 is 98.0 Å². The zero-order valence-corrected chi connectivity index (χ0v) is 47.4. The molecule has 422 valence electrons. The maximum absolute atomic E-state index is 14.0. The molecule has 0 unspecified atom stereocenters. The van der Waals surface area contributed by atoms with Gasteiger partial charge in [-0.15, -0.1) is 0 Å². The quantitative estimate of drug-likeness (QED) is 0.0712. The Kier molecular flexibility index (Phi) is 21.4. The second kappa shape index (κ2) is 28.1. The van der Waals surface area contributed by atoms with Crippen LogP contribution in [0.25, 0.3) is 0 Å². The van der Waals surface area contributed by atoms with E-state index in [1.165, 1.54) is 36.8 Å². The molecule has 4 saturated heterocycles. The maximum atomic E-state index is 14.0. The lowest BCUT2D eigenvalue weighted by molar-refractivity contribution is -0.384. The van der Waals surface area contributed by atoms with Gasteiger partial charge < -0.3 is 44.8 Å². The zero-order chi connectivity index (χ0) is 56.8. The molecule has 0 aliphatic carbocycles. The van der Waals surface area contributed by atoms with Crippen LogP contribution in [0.5, 0.6) is 0 Å². The van der Waals surface area contributed by atoms with E-state index in [1.807, 2.05) is 64.6 Å². The number of hydrogen-bond donors (Lipinski definition) is 1. The van der Waals surface area contributed by atoms with Crippen molar-refractivity contribution in [3.8, 4) is 0 Å². The fraction of sp³-hybridized carbons (Fsp3) is 0.362. The molecule has 0 saturated carbocycles. The molecule has 10 rings (SSSR count). The van der Waals surface area contributed by atoms with Gasteiger partial charge in [-0.25, -0.2) is 22.4 Å². The average Bonchev–Trinajstić information content (AvgIpc) is 3.45. The van der Waals surface area contributed by atoms with E-state index < -0.39 is 5.60 Å². The number of nitrogens with two attached hydrogens (primary N) is 1. The van der Waals surface area contributed by atoms with Crippen LogP contribution >= 0.6 is 46.4 Å². The Hall–Kier alpha value is -6.53. The Morgan fingerprint density at radius 3 is 1.14 bits per heavy atom. The van der Waals surface area contributed by atoms with Crippen molar-refractivity contribution in [2.24, 2.45) is 0 Å². The molecule has 0 radical (unpaired) electrons. The highest BCUT2D eigenvalue weighted by Gasteiger charge is 2.28. The lowest BCUT2D eigenvalue weighted by Crippen LogP contribution is -2.50. The van der Waals surface area contributed by atoms with Crippen molar-refractivity contribution in [3.63, 3.8) is 0 Å². The van der Waals surface area contributed by atoms with Gasteiger partial charge in [0.05, 0.1) is 39.0 Å². The van der Waals surface area contributed by atoms with Gasteiger partial charge in [-0.1, -0.05) is 70.7 Å². The lowest BCUT2D eigenvalue weighted by atomic mass is 10.1. The number of nitrogen functional groups attached to an aromatic ring is 1. The number of piperidine rings is 1. The molecule has 0 spiro atoms. The van der Waals surface area contributed by atoms with E-state index >= 15 is 0 Å². The highest BCUT2D eigenvalue weighted by atomic mass is 35.5. The number of ether oxygens (including phenoxy) is 1. The number of nitrogens with zero attached hydrogens (tertiary/aromatic N) is 8. The van der Waals surface area contributed by atoms with Crippen LogP contribution in [-0.4, -0.2) is 113 Å². The number of nitro benzene ring substituents is 1. The number of rotatable bonds is 7. The monoisotopic (exact) mass is 1170 g/mol. The number of carbonyl (C=O) groups excluding carboxylic acids is 1. The van der Waals surface area contributed by atoms with Crippen LogP contribution in [0.15, 0.2) is 121 Å². The van der Waals surface area contributed by atoms with E-state index in [9.17, 15) is 32.5 Å². The van der Waals surface area contributed by atoms with Crippen molar-refractivity contribution in [1.82, 2.24) is 4.90 Å². The van der Waals surface area contributed by atoms with Crippen LogP contribution in [0.4, 0.5) is 67.9 Å². The van der Waals surface area contributed by atoms with Gasteiger partial charge in [0.15, 0.2) is 0 Å². The van der Waals surface area contributed by atoms with Crippen molar-refractivity contribution in [1.29, 1.82) is 0 Å². The van der Waals surface area contributed by atoms with E-state index in [2.05, 4.69) is 9.80 Å². The fourth-order valence-electron chi connectivity index (χ4n) is 9.58. The van der Waals surface area contributed by atoms with Gasteiger partial charge in [0.2, 0.25) is 0 Å². The Labute approximate surface area is 479 Å². The predicted molar refractivity (Wildman–Crippen MR) is 315 cm³/mol. The Morgan fingerprint density at radius 2 is 0.785 bits per heavy atom. The number of halogens is 8. The van der Waals surface area contributed by atoms with Crippen molar-refractivity contribution in [2.75, 3.05) is 127 Å². The van der Waals surface area contributed by atoms with E-state index in [4.69, 9.17) is 56.9 Å². The largest absolute Gasteiger partial charge is 0.444 e. The standard InChI is InChI=1S/C16H15ClFN3O2.C16H17ClFN3.C15H20ClFN2O2.C11H13ClFN/c17-12-5-6-14(13(18)11-12)19-7-9-20(10-8-19)15-3-1-2-4-16(15)21(22)23;17-12-5-6-15(13(18)11-12)20-7-9-21(10-8-20)16-4-2-1-3-14(16)19;1-15(2,3)21-14(20)19-8-6-18(7-9-19)13-5-4-11(16)10-12(13)17;12-9-4-5-11(10(13)8-9)14-6-2-1-3-7-14/h1-6,11H,7-10H2;1-6,11H,7-10,19H2;4-5,10H,6-9H2,1-3H3;4-5,8H,1-3,6-7H2. The highest BCUT2D eigenvalue weighted by Crippen LogP contribution is 2.32. The first-order chi connectivity index (χ1) is 37.7. The minimum Gasteiger partial charge on any atom is -0.444 e. The first-order valence-corrected chi connectivity index (χ1v) is 27.6. The minimum atomic E-state index is -0.503. The van der Waals surface area contributed by atoms with E-state index in [0.717, 1.165) is 63.5 Å². The van der Waals surface area contributed by atoms with Gasteiger partial charge in [-0.3, -0.25) is 10.1 Å². The molecule has 4 heterocycles. The minimum absolute atomic E-state index is 0.0959. The summed E-state index contributed by atoms with van der Waals surface area (Å²) in [4.78, 5) is 36.5. The molecule has 4 fully saturated rings. The van der Waals surface area contributed by atoms with Gasteiger partial charge in [-0.05, 0) is 131 Å². The number of carbonyl (C=O) groups is 1. The summed E-state index contributed by atoms with van der Waals surface area (Å²) >= 11 is 23.0. The maximum Gasteiger partial charge on any atom is 0.410 e. The normalized spacial score (nSPS) is 15.7. The fourth-order valence-corrected chi connectivity index (χ4v) is 10.2. The molecule has 0 aromatic heterocycles. The van der Waals surface area contributed by atoms with Gasteiger partial charge in [0, 0.05) is 118 Å².